The lowest BCUT2D eigenvalue weighted by Crippen LogP contribution is -2.28. The van der Waals surface area contributed by atoms with E-state index >= 15 is 0 Å². The molecule has 0 saturated heterocycles. The van der Waals surface area contributed by atoms with Gasteiger partial charge in [-0.2, -0.15) is 0 Å². The first-order valence-corrected chi connectivity index (χ1v) is 10.8. The molecule has 0 unspecified atom stereocenters. The van der Waals surface area contributed by atoms with Gasteiger partial charge in [-0.1, -0.05) is 90.8 Å². The second-order valence-corrected chi connectivity index (χ2v) is 11.6. The molecule has 0 aliphatic carbocycles. The fraction of sp³-hybridized carbons (Fsp3) is 0.556. The molecule has 166 valence electrons. The van der Waals surface area contributed by atoms with Crippen molar-refractivity contribution in [1.82, 2.24) is 0 Å². The van der Waals surface area contributed by atoms with Crippen LogP contribution in [0.4, 0.5) is 0 Å². The van der Waals surface area contributed by atoms with E-state index < -0.39 is 5.41 Å². The molecular formula is C27H40O3. The van der Waals surface area contributed by atoms with E-state index in [1.54, 1.807) is 0 Å². The Bertz CT molecular complexity index is 855. The van der Waals surface area contributed by atoms with Crippen LogP contribution in [-0.4, -0.2) is 21.9 Å². The van der Waals surface area contributed by atoms with E-state index in [2.05, 4.69) is 41.5 Å². The van der Waals surface area contributed by atoms with Gasteiger partial charge in [0.1, 0.15) is 11.5 Å². The Kier molecular flexibility index (Phi) is 6.41. The molecule has 2 aromatic carbocycles. The Morgan fingerprint density at radius 2 is 1.00 bits per heavy atom. The monoisotopic (exact) mass is 412 g/mol. The second-order valence-electron chi connectivity index (χ2n) is 11.6. The van der Waals surface area contributed by atoms with Crippen LogP contribution in [0.1, 0.15) is 94.7 Å². The lowest BCUT2D eigenvalue weighted by atomic mass is 9.68. The summed E-state index contributed by atoms with van der Waals surface area (Å²) in [5.74, 6) is 0.125. The predicted octanol–water partition coefficient (Wildman–Crippen LogP) is 6.46. The van der Waals surface area contributed by atoms with Gasteiger partial charge in [0, 0.05) is 23.7 Å². The van der Waals surface area contributed by atoms with Crippen molar-refractivity contribution in [3.63, 3.8) is 0 Å². The number of aromatic hydroxyl groups is 2. The minimum absolute atomic E-state index is 0.0753. The molecule has 3 nitrogen and oxygen atoms in total. The van der Waals surface area contributed by atoms with Crippen LogP contribution in [0.15, 0.2) is 24.3 Å². The van der Waals surface area contributed by atoms with Crippen LogP contribution in [-0.2, 0) is 10.8 Å². The molecule has 0 aromatic heterocycles. The SMILES string of the molecule is Cc1cc(C(c2cc(C)cc(C(C)(C)C)c2O)C(C)(C)CO)c(O)c(C(C)(C)C)c1. The van der Waals surface area contributed by atoms with Crippen molar-refractivity contribution in [2.75, 3.05) is 6.61 Å². The molecule has 2 rings (SSSR count). The van der Waals surface area contributed by atoms with E-state index in [9.17, 15) is 15.3 Å². The maximum Gasteiger partial charge on any atom is 0.123 e. The van der Waals surface area contributed by atoms with Crippen molar-refractivity contribution in [1.29, 1.82) is 0 Å². The van der Waals surface area contributed by atoms with Crippen molar-refractivity contribution in [3.05, 3.63) is 57.6 Å². The largest absolute Gasteiger partial charge is 0.507 e. The summed E-state index contributed by atoms with van der Waals surface area (Å²) in [6.45, 7) is 20.4. The van der Waals surface area contributed by atoms with E-state index in [0.717, 1.165) is 33.4 Å². The highest BCUT2D eigenvalue weighted by Crippen LogP contribution is 2.50. The Morgan fingerprint density at radius 1 is 0.667 bits per heavy atom. The van der Waals surface area contributed by atoms with Crippen molar-refractivity contribution in [3.8, 4) is 11.5 Å². The molecule has 0 atom stereocenters. The average molecular weight is 413 g/mol. The van der Waals surface area contributed by atoms with Crippen molar-refractivity contribution < 1.29 is 15.3 Å². The molecule has 0 aliphatic heterocycles. The van der Waals surface area contributed by atoms with Crippen LogP contribution in [0.5, 0.6) is 11.5 Å². The summed E-state index contributed by atoms with van der Waals surface area (Å²) in [4.78, 5) is 0. The third-order valence-corrected chi connectivity index (χ3v) is 5.99. The van der Waals surface area contributed by atoms with E-state index in [0.29, 0.717) is 0 Å². The van der Waals surface area contributed by atoms with Gasteiger partial charge in [-0.25, -0.2) is 0 Å². The second kappa shape index (κ2) is 7.92. The molecule has 0 radical (unpaired) electrons. The van der Waals surface area contributed by atoms with Gasteiger partial charge < -0.3 is 15.3 Å². The number of aryl methyl sites for hydroxylation is 2. The summed E-state index contributed by atoms with van der Waals surface area (Å²) in [6, 6.07) is 8.04. The zero-order chi connectivity index (χ0) is 23.2. The van der Waals surface area contributed by atoms with Gasteiger partial charge in [0.25, 0.3) is 0 Å². The van der Waals surface area contributed by atoms with E-state index in [1.165, 1.54) is 0 Å². The van der Waals surface area contributed by atoms with Gasteiger partial charge in [0.2, 0.25) is 0 Å². The smallest absolute Gasteiger partial charge is 0.123 e. The first kappa shape index (κ1) is 24.3. The van der Waals surface area contributed by atoms with Gasteiger partial charge >= 0.3 is 0 Å². The third kappa shape index (κ3) is 4.67. The summed E-state index contributed by atoms with van der Waals surface area (Å²) in [7, 11) is 0. The lowest BCUT2D eigenvalue weighted by molar-refractivity contribution is 0.140. The molecule has 0 heterocycles. The standard InChI is InChI=1S/C27H40O3/c1-16-11-18(23(29)20(13-16)25(3,4)5)22(27(9,10)15-28)19-12-17(2)14-21(24(19)30)26(6,7)8/h11-14,22,28-30H,15H2,1-10H3. The molecule has 30 heavy (non-hydrogen) atoms. The number of hydrogen-bond acceptors (Lipinski definition) is 3. The number of rotatable bonds is 4. The molecule has 0 fully saturated rings. The molecule has 3 N–H and O–H groups in total. The highest BCUT2D eigenvalue weighted by Gasteiger charge is 2.38. The Labute approximate surface area is 182 Å². The molecular weight excluding hydrogens is 372 g/mol. The van der Waals surface area contributed by atoms with Crippen LogP contribution < -0.4 is 0 Å². The van der Waals surface area contributed by atoms with E-state index in [4.69, 9.17) is 0 Å². The molecule has 2 aromatic rings. The van der Waals surface area contributed by atoms with Gasteiger partial charge in [-0.05, 0) is 41.2 Å². The normalized spacial score (nSPS) is 13.2. The molecule has 0 amide bonds. The first-order chi connectivity index (χ1) is 13.5. The Morgan fingerprint density at radius 3 is 1.27 bits per heavy atom. The molecule has 3 heteroatoms. The minimum atomic E-state index is -0.596. The number of hydrogen-bond donors (Lipinski definition) is 3. The zero-order valence-electron chi connectivity index (χ0n) is 20.4. The number of aliphatic hydroxyl groups excluding tert-OH is 1. The zero-order valence-corrected chi connectivity index (χ0v) is 20.4. The number of benzene rings is 2. The highest BCUT2D eigenvalue weighted by molar-refractivity contribution is 5.57. The Hall–Kier alpha value is -2.00. The van der Waals surface area contributed by atoms with Gasteiger partial charge in [-0.3, -0.25) is 0 Å². The highest BCUT2D eigenvalue weighted by atomic mass is 16.3. The molecule has 0 bridgehead atoms. The van der Waals surface area contributed by atoms with Crippen LogP contribution in [0, 0.1) is 19.3 Å². The number of phenols is 2. The summed E-state index contributed by atoms with van der Waals surface area (Å²) < 4.78 is 0. The maximum absolute atomic E-state index is 11.4. The van der Waals surface area contributed by atoms with Crippen LogP contribution in [0.3, 0.4) is 0 Å². The molecule has 0 spiro atoms. The van der Waals surface area contributed by atoms with E-state index in [-0.39, 0.29) is 34.9 Å². The fourth-order valence-electron chi connectivity index (χ4n) is 4.30. The summed E-state index contributed by atoms with van der Waals surface area (Å²) >= 11 is 0. The predicted molar refractivity (Wildman–Crippen MR) is 126 cm³/mol. The average Bonchev–Trinajstić information content (AvgIpc) is 2.58. The summed E-state index contributed by atoms with van der Waals surface area (Å²) in [6.07, 6.45) is 0. The quantitative estimate of drug-likeness (QED) is 0.540. The van der Waals surface area contributed by atoms with Gasteiger partial charge in [0.05, 0.1) is 0 Å². The number of aliphatic hydroxyl groups is 1. The fourth-order valence-corrected chi connectivity index (χ4v) is 4.30. The summed E-state index contributed by atoms with van der Waals surface area (Å²) in [5.41, 5.74) is 4.29. The van der Waals surface area contributed by atoms with Crippen LogP contribution >= 0.6 is 0 Å². The molecule has 0 aliphatic rings. The Balaban J connectivity index is 2.95. The van der Waals surface area contributed by atoms with Crippen molar-refractivity contribution in [2.45, 2.75) is 86.0 Å². The van der Waals surface area contributed by atoms with Gasteiger partial charge in [0.15, 0.2) is 0 Å². The van der Waals surface area contributed by atoms with Gasteiger partial charge in [-0.15, -0.1) is 0 Å². The van der Waals surface area contributed by atoms with Crippen molar-refractivity contribution in [2.24, 2.45) is 5.41 Å². The lowest BCUT2D eigenvalue weighted by Gasteiger charge is -2.37. The summed E-state index contributed by atoms with van der Waals surface area (Å²) in [5, 5.41) is 33.0. The number of phenolic OH excluding ortho intramolecular Hbond substituents is 2. The maximum atomic E-state index is 11.4. The van der Waals surface area contributed by atoms with Crippen molar-refractivity contribution >= 4 is 0 Å². The molecule has 0 saturated carbocycles. The minimum Gasteiger partial charge on any atom is -0.507 e. The topological polar surface area (TPSA) is 60.7 Å². The first-order valence-electron chi connectivity index (χ1n) is 10.8. The van der Waals surface area contributed by atoms with E-state index in [1.807, 2.05) is 52.0 Å². The third-order valence-electron chi connectivity index (χ3n) is 5.99. The van der Waals surface area contributed by atoms with Crippen LogP contribution in [0.2, 0.25) is 0 Å². The van der Waals surface area contributed by atoms with Crippen LogP contribution in [0.25, 0.3) is 0 Å².